The summed E-state index contributed by atoms with van der Waals surface area (Å²) in [6, 6.07) is -0.491. The number of aryl methyl sites for hydroxylation is 1. The van der Waals surface area contributed by atoms with Crippen LogP contribution < -0.4 is 16.0 Å². The fraction of sp³-hybridized carbons (Fsp3) is 0.545. The fourth-order valence-electron chi connectivity index (χ4n) is 1.89. The first-order valence-corrected chi connectivity index (χ1v) is 6.55. The van der Waals surface area contributed by atoms with E-state index in [9.17, 15) is 9.59 Å². The molecule has 2 heterocycles. The molecule has 0 spiro atoms. The molecule has 1 aromatic rings. The van der Waals surface area contributed by atoms with E-state index < -0.39 is 6.04 Å². The van der Waals surface area contributed by atoms with Crippen LogP contribution in [0.2, 0.25) is 0 Å². The molecular formula is C11H16N4O2S. The summed E-state index contributed by atoms with van der Waals surface area (Å²) in [6.07, 6.45) is 0. The smallest absolute Gasteiger partial charge is 0.249 e. The SMILES string of the molecule is Cc1nc(N2CC(=O)NC(=O)C2C)sc1C(C)N. The topological polar surface area (TPSA) is 88.3 Å². The van der Waals surface area contributed by atoms with Crippen LogP contribution in [0.1, 0.15) is 30.5 Å². The van der Waals surface area contributed by atoms with Crippen LogP contribution in [0.25, 0.3) is 0 Å². The molecule has 6 nitrogen and oxygen atoms in total. The summed E-state index contributed by atoms with van der Waals surface area (Å²) in [5.41, 5.74) is 6.71. The first kappa shape index (κ1) is 13.0. The van der Waals surface area contributed by atoms with Crippen LogP contribution in [0, 0.1) is 6.92 Å². The average molecular weight is 268 g/mol. The van der Waals surface area contributed by atoms with Gasteiger partial charge in [-0.1, -0.05) is 11.3 Å². The lowest BCUT2D eigenvalue weighted by atomic mass is 10.2. The van der Waals surface area contributed by atoms with Gasteiger partial charge in [-0.25, -0.2) is 4.98 Å². The van der Waals surface area contributed by atoms with Crippen LogP contribution in [-0.4, -0.2) is 29.4 Å². The van der Waals surface area contributed by atoms with Gasteiger partial charge in [-0.15, -0.1) is 0 Å². The van der Waals surface area contributed by atoms with Gasteiger partial charge in [-0.3, -0.25) is 14.9 Å². The summed E-state index contributed by atoms with van der Waals surface area (Å²) in [7, 11) is 0. The molecule has 0 radical (unpaired) electrons. The highest BCUT2D eigenvalue weighted by atomic mass is 32.1. The Labute approximate surface area is 109 Å². The van der Waals surface area contributed by atoms with Gasteiger partial charge in [-0.05, 0) is 20.8 Å². The highest BCUT2D eigenvalue weighted by Gasteiger charge is 2.32. The minimum atomic E-state index is -0.394. The van der Waals surface area contributed by atoms with Crippen molar-refractivity contribution < 1.29 is 9.59 Å². The highest BCUT2D eigenvalue weighted by molar-refractivity contribution is 7.15. The second-order valence-corrected chi connectivity index (χ2v) is 5.46. The van der Waals surface area contributed by atoms with Gasteiger partial charge in [0.25, 0.3) is 0 Å². The van der Waals surface area contributed by atoms with Gasteiger partial charge in [0.1, 0.15) is 12.6 Å². The lowest BCUT2D eigenvalue weighted by Crippen LogP contribution is -2.57. The zero-order valence-corrected chi connectivity index (χ0v) is 11.4. The maximum atomic E-state index is 11.6. The van der Waals surface area contributed by atoms with E-state index in [0.29, 0.717) is 5.13 Å². The maximum absolute atomic E-state index is 11.6. The largest absolute Gasteiger partial charge is 0.327 e. The Morgan fingerprint density at radius 1 is 1.56 bits per heavy atom. The predicted molar refractivity (Wildman–Crippen MR) is 69.4 cm³/mol. The fourth-order valence-corrected chi connectivity index (χ4v) is 2.99. The van der Waals surface area contributed by atoms with Crippen LogP contribution in [0.5, 0.6) is 0 Å². The molecule has 1 aliphatic rings. The van der Waals surface area contributed by atoms with Crippen LogP contribution in [0.3, 0.4) is 0 Å². The van der Waals surface area contributed by atoms with E-state index in [1.54, 1.807) is 11.8 Å². The number of nitrogens with two attached hydrogens (primary N) is 1. The number of imide groups is 1. The molecule has 2 unspecified atom stereocenters. The molecule has 2 atom stereocenters. The summed E-state index contributed by atoms with van der Waals surface area (Å²) in [5, 5.41) is 2.98. The van der Waals surface area contributed by atoms with Crippen molar-refractivity contribution in [3.63, 3.8) is 0 Å². The van der Waals surface area contributed by atoms with E-state index in [1.807, 2.05) is 13.8 Å². The van der Waals surface area contributed by atoms with Gasteiger partial charge >= 0.3 is 0 Å². The molecule has 0 bridgehead atoms. The molecule has 1 fully saturated rings. The van der Waals surface area contributed by atoms with Crippen LogP contribution >= 0.6 is 11.3 Å². The number of rotatable bonds is 2. The Morgan fingerprint density at radius 3 is 2.78 bits per heavy atom. The molecule has 2 rings (SSSR count). The minimum Gasteiger partial charge on any atom is -0.327 e. The third kappa shape index (κ3) is 2.23. The molecule has 0 saturated carbocycles. The van der Waals surface area contributed by atoms with E-state index in [0.717, 1.165) is 10.6 Å². The molecule has 1 aromatic heterocycles. The molecule has 18 heavy (non-hydrogen) atoms. The molecule has 1 aliphatic heterocycles. The minimum absolute atomic E-state index is 0.0964. The number of thiazole rings is 1. The summed E-state index contributed by atoms with van der Waals surface area (Å²) >= 11 is 1.44. The summed E-state index contributed by atoms with van der Waals surface area (Å²) in [6.45, 7) is 5.68. The van der Waals surface area contributed by atoms with Gasteiger partial charge in [0, 0.05) is 10.9 Å². The molecular weight excluding hydrogens is 252 g/mol. The molecule has 1 saturated heterocycles. The van der Waals surface area contributed by atoms with Crippen molar-refractivity contribution >= 4 is 28.3 Å². The Kier molecular flexibility index (Phi) is 3.36. The number of carbonyl (C=O) groups is 2. The third-order valence-corrected chi connectivity index (χ3v) is 4.30. The molecule has 98 valence electrons. The van der Waals surface area contributed by atoms with Gasteiger partial charge in [0.15, 0.2) is 5.13 Å². The molecule has 0 aromatic carbocycles. The van der Waals surface area contributed by atoms with Crippen molar-refractivity contribution in [2.45, 2.75) is 32.9 Å². The number of aromatic nitrogens is 1. The number of hydrogen-bond acceptors (Lipinski definition) is 6. The quantitative estimate of drug-likeness (QED) is 0.754. The zero-order valence-electron chi connectivity index (χ0n) is 10.6. The van der Waals surface area contributed by atoms with Gasteiger partial charge in [-0.2, -0.15) is 0 Å². The standard InChI is InChI=1S/C11H16N4O2S/c1-5(12)9-6(2)13-11(18-9)15-4-8(16)14-10(17)7(15)3/h5,7H,4,12H2,1-3H3,(H,14,16,17). The summed E-state index contributed by atoms with van der Waals surface area (Å²) in [5.74, 6) is -0.588. The third-order valence-electron chi connectivity index (χ3n) is 2.90. The summed E-state index contributed by atoms with van der Waals surface area (Å²) < 4.78 is 0. The van der Waals surface area contributed by atoms with Gasteiger partial charge in [0.05, 0.1) is 5.69 Å². The van der Waals surface area contributed by atoms with E-state index in [4.69, 9.17) is 5.73 Å². The van der Waals surface area contributed by atoms with E-state index >= 15 is 0 Å². The van der Waals surface area contributed by atoms with Gasteiger partial charge < -0.3 is 10.6 Å². The van der Waals surface area contributed by atoms with Crippen molar-refractivity contribution in [1.82, 2.24) is 10.3 Å². The molecule has 2 amide bonds. The van der Waals surface area contributed by atoms with E-state index in [1.165, 1.54) is 11.3 Å². The monoisotopic (exact) mass is 268 g/mol. The second-order valence-electron chi connectivity index (χ2n) is 4.45. The molecule has 0 aliphatic carbocycles. The Bertz CT molecular complexity index is 497. The summed E-state index contributed by atoms with van der Waals surface area (Å²) in [4.78, 5) is 30.1. The van der Waals surface area contributed by atoms with E-state index in [2.05, 4.69) is 10.3 Å². The number of nitrogens with one attached hydrogen (secondary N) is 1. The number of anilines is 1. The van der Waals surface area contributed by atoms with Crippen LogP contribution in [0.4, 0.5) is 5.13 Å². The zero-order chi connectivity index (χ0) is 13.4. The second kappa shape index (κ2) is 4.66. The van der Waals surface area contributed by atoms with E-state index in [-0.39, 0.29) is 24.4 Å². The Hall–Kier alpha value is -1.47. The van der Waals surface area contributed by atoms with Crippen molar-refractivity contribution in [1.29, 1.82) is 0 Å². The highest BCUT2D eigenvalue weighted by Crippen LogP contribution is 2.31. The lowest BCUT2D eigenvalue weighted by molar-refractivity contribution is -0.132. The molecule has 3 N–H and O–H groups in total. The lowest BCUT2D eigenvalue weighted by Gasteiger charge is -2.31. The average Bonchev–Trinajstić information content (AvgIpc) is 2.65. The van der Waals surface area contributed by atoms with Gasteiger partial charge in [0.2, 0.25) is 11.8 Å². The van der Waals surface area contributed by atoms with Crippen molar-refractivity contribution in [2.75, 3.05) is 11.4 Å². The normalized spacial score (nSPS) is 22.0. The van der Waals surface area contributed by atoms with Crippen molar-refractivity contribution in [3.05, 3.63) is 10.6 Å². The number of piperazine rings is 1. The number of amides is 2. The maximum Gasteiger partial charge on any atom is 0.249 e. The van der Waals surface area contributed by atoms with Crippen molar-refractivity contribution in [2.24, 2.45) is 5.73 Å². The number of carbonyl (C=O) groups excluding carboxylic acids is 2. The first-order valence-electron chi connectivity index (χ1n) is 5.73. The predicted octanol–water partition coefficient (Wildman–Crippen LogP) is 0.323. The van der Waals surface area contributed by atoms with Crippen LogP contribution in [-0.2, 0) is 9.59 Å². The number of nitrogens with zero attached hydrogens (tertiary/aromatic N) is 2. The van der Waals surface area contributed by atoms with Crippen molar-refractivity contribution in [3.8, 4) is 0 Å². The first-order chi connectivity index (χ1) is 8.40. The Morgan fingerprint density at radius 2 is 2.22 bits per heavy atom. The number of hydrogen-bond donors (Lipinski definition) is 2. The Balaban J connectivity index is 2.32. The molecule has 7 heteroatoms. The van der Waals surface area contributed by atoms with Crippen LogP contribution in [0.15, 0.2) is 0 Å².